The molecule has 5 nitrogen and oxygen atoms in total. The lowest BCUT2D eigenvalue weighted by molar-refractivity contribution is -0.157. The second-order valence-electron chi connectivity index (χ2n) is 10.9. The minimum Gasteiger partial charge on any atom is -0.497 e. The van der Waals surface area contributed by atoms with Gasteiger partial charge in [0.2, 0.25) is 5.91 Å². The summed E-state index contributed by atoms with van der Waals surface area (Å²) in [5.41, 5.74) is 2.26. The zero-order chi connectivity index (χ0) is 25.6. The number of methoxy groups -OCH3 is 2. The standard InChI is InChI=1S/C31H44N2O3/c1-32-21-20-30(26-15-11-16-28(22-26)35-3)23-27(18-19-31(30,24-32)36-4)33(2)29(34)17-10-6-9-14-25-12-7-5-8-13-25/h5,7-8,11-13,15-16,22,27H,6,9-10,14,17-21,23-24H2,1-4H3/t27-,30+,31+/m1/s1. The lowest BCUT2D eigenvalue weighted by atomic mass is 9.55. The van der Waals surface area contributed by atoms with Gasteiger partial charge in [-0.15, -0.1) is 0 Å². The predicted octanol–water partition coefficient (Wildman–Crippen LogP) is 5.47. The number of piperidine rings is 1. The van der Waals surface area contributed by atoms with E-state index in [0.717, 1.165) is 70.2 Å². The summed E-state index contributed by atoms with van der Waals surface area (Å²) in [5, 5.41) is 0. The van der Waals surface area contributed by atoms with Crippen molar-refractivity contribution in [1.82, 2.24) is 9.80 Å². The number of carbonyl (C=O) groups is 1. The molecule has 3 atom stereocenters. The van der Waals surface area contributed by atoms with Crippen molar-refractivity contribution in [3.63, 3.8) is 0 Å². The van der Waals surface area contributed by atoms with Crippen LogP contribution in [0.15, 0.2) is 54.6 Å². The molecule has 1 saturated heterocycles. The molecule has 1 aliphatic heterocycles. The van der Waals surface area contributed by atoms with Crippen LogP contribution in [0.25, 0.3) is 0 Å². The molecule has 0 spiro atoms. The number of carbonyl (C=O) groups excluding carboxylic acids is 1. The van der Waals surface area contributed by atoms with Crippen molar-refractivity contribution >= 4 is 5.91 Å². The largest absolute Gasteiger partial charge is 0.497 e. The quantitative estimate of drug-likeness (QED) is 0.413. The Kier molecular flexibility index (Phi) is 8.74. The number of hydrogen-bond donors (Lipinski definition) is 0. The van der Waals surface area contributed by atoms with Gasteiger partial charge in [0.05, 0.1) is 12.7 Å². The van der Waals surface area contributed by atoms with Crippen LogP contribution < -0.4 is 4.74 Å². The van der Waals surface area contributed by atoms with E-state index in [1.807, 2.05) is 20.2 Å². The van der Waals surface area contributed by atoms with Crippen molar-refractivity contribution in [2.75, 3.05) is 41.4 Å². The molecule has 2 aromatic rings. The van der Waals surface area contributed by atoms with Crippen molar-refractivity contribution in [2.45, 2.75) is 74.8 Å². The highest BCUT2D eigenvalue weighted by atomic mass is 16.5. The van der Waals surface area contributed by atoms with Crippen molar-refractivity contribution in [3.8, 4) is 5.75 Å². The fourth-order valence-electron chi connectivity index (χ4n) is 6.73. The third-order valence-corrected chi connectivity index (χ3v) is 8.94. The molecule has 196 valence electrons. The first-order chi connectivity index (χ1) is 17.4. The topological polar surface area (TPSA) is 42.0 Å². The summed E-state index contributed by atoms with van der Waals surface area (Å²) in [6, 6.07) is 19.4. The SMILES string of the molecule is COc1cccc([C@@]23CCN(C)C[C@@]2(OC)CC[C@@H](N(C)C(=O)CCCCCc2ccccc2)C3)c1. The lowest BCUT2D eigenvalue weighted by Gasteiger charge is -2.60. The van der Waals surface area contributed by atoms with Crippen LogP contribution in [0.3, 0.4) is 0 Å². The normalized spacial score (nSPS) is 26.3. The van der Waals surface area contributed by atoms with Crippen LogP contribution in [0.4, 0.5) is 0 Å². The van der Waals surface area contributed by atoms with Gasteiger partial charge < -0.3 is 19.3 Å². The van der Waals surface area contributed by atoms with Crippen molar-refractivity contribution < 1.29 is 14.3 Å². The lowest BCUT2D eigenvalue weighted by Crippen LogP contribution is -2.67. The number of likely N-dealkylation sites (N-methyl/N-ethyl adjacent to an activating group) is 1. The van der Waals surface area contributed by atoms with E-state index in [2.05, 4.69) is 65.4 Å². The van der Waals surface area contributed by atoms with Gasteiger partial charge in [0.15, 0.2) is 0 Å². The van der Waals surface area contributed by atoms with E-state index < -0.39 is 0 Å². The van der Waals surface area contributed by atoms with Crippen LogP contribution in [0.1, 0.15) is 62.5 Å². The molecule has 36 heavy (non-hydrogen) atoms. The minimum absolute atomic E-state index is 0.143. The molecular weight excluding hydrogens is 448 g/mol. The molecule has 0 bridgehead atoms. The molecule has 0 radical (unpaired) electrons. The first-order valence-corrected chi connectivity index (χ1v) is 13.6. The first-order valence-electron chi connectivity index (χ1n) is 13.6. The Morgan fingerprint density at radius 3 is 2.61 bits per heavy atom. The van der Waals surface area contributed by atoms with Gasteiger partial charge in [-0.2, -0.15) is 0 Å². The van der Waals surface area contributed by atoms with Gasteiger partial charge >= 0.3 is 0 Å². The van der Waals surface area contributed by atoms with E-state index in [0.29, 0.717) is 6.42 Å². The van der Waals surface area contributed by atoms with Gasteiger partial charge in [-0.3, -0.25) is 4.79 Å². The first kappa shape index (κ1) is 26.7. The predicted molar refractivity (Wildman–Crippen MR) is 146 cm³/mol. The Morgan fingerprint density at radius 1 is 1.06 bits per heavy atom. The molecule has 0 unspecified atom stereocenters. The molecule has 2 fully saturated rings. The number of unbranched alkanes of at least 4 members (excludes halogenated alkanes) is 2. The fraction of sp³-hybridized carbons (Fsp3) is 0.581. The fourth-order valence-corrected chi connectivity index (χ4v) is 6.73. The number of amides is 1. The van der Waals surface area contributed by atoms with E-state index >= 15 is 0 Å². The third kappa shape index (κ3) is 5.47. The molecule has 4 rings (SSSR count). The van der Waals surface area contributed by atoms with E-state index in [-0.39, 0.29) is 23.0 Å². The molecule has 0 N–H and O–H groups in total. The number of ether oxygens (including phenoxy) is 2. The van der Waals surface area contributed by atoms with Crippen LogP contribution >= 0.6 is 0 Å². The number of benzene rings is 2. The molecule has 0 aromatic heterocycles. The van der Waals surface area contributed by atoms with Crippen molar-refractivity contribution in [1.29, 1.82) is 0 Å². The van der Waals surface area contributed by atoms with E-state index in [1.165, 1.54) is 11.1 Å². The Bertz CT molecular complexity index is 996. The monoisotopic (exact) mass is 492 g/mol. The summed E-state index contributed by atoms with van der Waals surface area (Å²) >= 11 is 0. The number of aryl methyl sites for hydroxylation is 1. The summed E-state index contributed by atoms with van der Waals surface area (Å²) in [5.74, 6) is 1.16. The Hall–Kier alpha value is -2.37. The average molecular weight is 493 g/mol. The summed E-state index contributed by atoms with van der Waals surface area (Å²) in [6.07, 6.45) is 8.76. The maximum atomic E-state index is 13.2. The summed E-state index contributed by atoms with van der Waals surface area (Å²) in [7, 11) is 7.81. The van der Waals surface area contributed by atoms with E-state index in [4.69, 9.17) is 9.47 Å². The third-order valence-electron chi connectivity index (χ3n) is 8.94. The molecule has 2 aromatic carbocycles. The highest BCUT2D eigenvalue weighted by Gasteiger charge is 2.59. The Balaban J connectivity index is 1.43. The molecule has 1 aliphatic carbocycles. The summed E-state index contributed by atoms with van der Waals surface area (Å²) < 4.78 is 12.0. The van der Waals surface area contributed by atoms with Gasteiger partial charge in [-0.05, 0) is 81.8 Å². The van der Waals surface area contributed by atoms with Crippen LogP contribution in [-0.4, -0.2) is 68.8 Å². The number of hydrogen-bond acceptors (Lipinski definition) is 4. The van der Waals surface area contributed by atoms with Crippen LogP contribution in [0.5, 0.6) is 5.75 Å². The van der Waals surface area contributed by atoms with Gasteiger partial charge in [0.1, 0.15) is 5.75 Å². The zero-order valence-corrected chi connectivity index (χ0v) is 22.7. The average Bonchev–Trinajstić information content (AvgIpc) is 2.92. The molecule has 5 heteroatoms. The molecule has 2 aliphatic rings. The highest BCUT2D eigenvalue weighted by molar-refractivity contribution is 5.76. The van der Waals surface area contributed by atoms with Crippen LogP contribution in [0.2, 0.25) is 0 Å². The van der Waals surface area contributed by atoms with Crippen molar-refractivity contribution in [3.05, 3.63) is 65.7 Å². The second kappa shape index (κ2) is 11.8. The maximum Gasteiger partial charge on any atom is 0.222 e. The summed E-state index contributed by atoms with van der Waals surface area (Å²) in [6.45, 7) is 1.93. The zero-order valence-electron chi connectivity index (χ0n) is 22.7. The van der Waals surface area contributed by atoms with Gasteiger partial charge in [-0.1, -0.05) is 48.9 Å². The molecule has 1 saturated carbocycles. The number of nitrogens with zero attached hydrogens (tertiary/aromatic N) is 2. The number of rotatable bonds is 10. The maximum absolute atomic E-state index is 13.2. The van der Waals surface area contributed by atoms with Crippen LogP contribution in [-0.2, 0) is 21.4 Å². The molecule has 1 heterocycles. The van der Waals surface area contributed by atoms with Gasteiger partial charge in [0.25, 0.3) is 0 Å². The van der Waals surface area contributed by atoms with Crippen LogP contribution in [0, 0.1) is 0 Å². The smallest absolute Gasteiger partial charge is 0.222 e. The Morgan fingerprint density at radius 2 is 1.86 bits per heavy atom. The minimum atomic E-state index is -0.260. The molecular formula is C31H44N2O3. The van der Waals surface area contributed by atoms with Crippen molar-refractivity contribution in [2.24, 2.45) is 0 Å². The highest BCUT2D eigenvalue weighted by Crippen LogP contribution is 2.54. The van der Waals surface area contributed by atoms with E-state index in [9.17, 15) is 4.79 Å². The summed E-state index contributed by atoms with van der Waals surface area (Å²) in [4.78, 5) is 17.7. The molecule has 1 amide bonds. The Labute approximate surface area is 217 Å². The number of fused-ring (bicyclic) bond motifs is 1. The van der Waals surface area contributed by atoms with E-state index in [1.54, 1.807) is 7.11 Å². The second-order valence-corrected chi connectivity index (χ2v) is 10.9. The van der Waals surface area contributed by atoms with Gasteiger partial charge in [-0.25, -0.2) is 0 Å². The van der Waals surface area contributed by atoms with Gasteiger partial charge in [0, 0.05) is 38.6 Å². The number of likely N-dealkylation sites (tertiary alicyclic amines) is 1.